The monoisotopic (exact) mass is 225 g/mol. The van der Waals surface area contributed by atoms with Crippen molar-refractivity contribution in [3.8, 4) is 0 Å². The van der Waals surface area contributed by atoms with Crippen molar-refractivity contribution in [2.75, 3.05) is 13.1 Å². The van der Waals surface area contributed by atoms with E-state index in [-0.39, 0.29) is 5.92 Å². The molecular weight excluding hydrogens is 202 g/mol. The first-order chi connectivity index (χ1) is 7.72. The maximum Gasteiger partial charge on any atom is 0.308 e. The van der Waals surface area contributed by atoms with Gasteiger partial charge < -0.3 is 5.11 Å². The number of aliphatic carboxylic acids is 1. The number of nitrogens with zero attached hydrogens (tertiary/aromatic N) is 1. The van der Waals surface area contributed by atoms with Crippen LogP contribution in [-0.2, 0) is 4.79 Å². The van der Waals surface area contributed by atoms with Crippen LogP contribution >= 0.6 is 0 Å². The van der Waals surface area contributed by atoms with E-state index in [4.69, 9.17) is 0 Å². The molecule has 0 radical (unpaired) electrons. The number of likely N-dealkylation sites (tertiary alicyclic amines) is 1. The molecule has 2 rings (SSSR count). The summed E-state index contributed by atoms with van der Waals surface area (Å²) in [6.45, 7) is 4.49. The summed E-state index contributed by atoms with van der Waals surface area (Å²) in [5, 5.41) is 9.21. The van der Waals surface area contributed by atoms with Crippen LogP contribution in [0, 0.1) is 11.8 Å². The van der Waals surface area contributed by atoms with Gasteiger partial charge in [0.2, 0.25) is 0 Å². The third kappa shape index (κ3) is 2.40. The summed E-state index contributed by atoms with van der Waals surface area (Å²) >= 11 is 0. The molecule has 0 spiro atoms. The van der Waals surface area contributed by atoms with Crippen molar-refractivity contribution in [1.82, 2.24) is 4.90 Å². The number of carboxylic acids is 1. The Balaban J connectivity index is 1.97. The van der Waals surface area contributed by atoms with Crippen LogP contribution in [0.4, 0.5) is 0 Å². The zero-order valence-corrected chi connectivity index (χ0v) is 10.2. The Morgan fingerprint density at radius 3 is 2.81 bits per heavy atom. The van der Waals surface area contributed by atoms with Gasteiger partial charge in [-0.2, -0.15) is 0 Å². The molecule has 3 unspecified atom stereocenters. The van der Waals surface area contributed by atoms with E-state index in [1.807, 2.05) is 0 Å². The van der Waals surface area contributed by atoms with E-state index in [9.17, 15) is 9.90 Å². The molecule has 1 heterocycles. The van der Waals surface area contributed by atoms with Crippen LogP contribution in [0.3, 0.4) is 0 Å². The Morgan fingerprint density at radius 2 is 2.12 bits per heavy atom. The predicted octanol–water partition coefficient (Wildman–Crippen LogP) is 2.36. The summed E-state index contributed by atoms with van der Waals surface area (Å²) in [6, 6.07) is 0.326. The molecule has 0 aromatic rings. The molecule has 1 saturated carbocycles. The summed E-state index contributed by atoms with van der Waals surface area (Å²) in [5.41, 5.74) is 0. The van der Waals surface area contributed by atoms with E-state index in [0.29, 0.717) is 6.04 Å². The average molecular weight is 225 g/mol. The lowest BCUT2D eigenvalue weighted by molar-refractivity contribution is -0.143. The smallest absolute Gasteiger partial charge is 0.308 e. The lowest BCUT2D eigenvalue weighted by Crippen LogP contribution is -2.45. The summed E-state index contributed by atoms with van der Waals surface area (Å²) in [6.07, 6.45) is 6.88. The highest BCUT2D eigenvalue weighted by molar-refractivity contribution is 5.71. The molecule has 3 heteroatoms. The van der Waals surface area contributed by atoms with Crippen LogP contribution in [0.2, 0.25) is 0 Å². The van der Waals surface area contributed by atoms with E-state index in [1.165, 1.54) is 19.3 Å². The number of rotatable bonds is 3. The maximum absolute atomic E-state index is 11.2. The molecule has 3 nitrogen and oxygen atoms in total. The third-order valence-electron chi connectivity index (χ3n) is 4.39. The normalized spacial score (nSPS) is 36.4. The van der Waals surface area contributed by atoms with Crippen molar-refractivity contribution in [2.24, 2.45) is 11.8 Å². The van der Waals surface area contributed by atoms with Gasteiger partial charge in [0.15, 0.2) is 0 Å². The number of carboxylic acid groups (broad SMARTS) is 1. The molecule has 0 amide bonds. The van der Waals surface area contributed by atoms with E-state index in [1.54, 1.807) is 0 Å². The minimum absolute atomic E-state index is 0.101. The van der Waals surface area contributed by atoms with Gasteiger partial charge in [-0.05, 0) is 38.1 Å². The zero-order valence-electron chi connectivity index (χ0n) is 10.2. The molecule has 1 N–H and O–H groups in total. The van der Waals surface area contributed by atoms with E-state index >= 15 is 0 Å². The summed E-state index contributed by atoms with van der Waals surface area (Å²) in [5.74, 6) is 0.112. The summed E-state index contributed by atoms with van der Waals surface area (Å²) < 4.78 is 0. The number of piperidine rings is 1. The van der Waals surface area contributed by atoms with Crippen LogP contribution < -0.4 is 0 Å². The average Bonchev–Trinajstić information content (AvgIpc) is 2.78. The van der Waals surface area contributed by atoms with Crippen molar-refractivity contribution >= 4 is 5.97 Å². The number of hydrogen-bond acceptors (Lipinski definition) is 2. The van der Waals surface area contributed by atoms with Crippen LogP contribution in [-0.4, -0.2) is 35.1 Å². The Bertz CT molecular complexity index is 254. The van der Waals surface area contributed by atoms with Crippen molar-refractivity contribution in [1.29, 1.82) is 0 Å². The van der Waals surface area contributed by atoms with Gasteiger partial charge in [0, 0.05) is 12.6 Å². The molecule has 2 aliphatic rings. The summed E-state index contributed by atoms with van der Waals surface area (Å²) in [4.78, 5) is 13.6. The van der Waals surface area contributed by atoms with Gasteiger partial charge in [0.05, 0.1) is 5.92 Å². The lowest BCUT2D eigenvalue weighted by atomic mass is 9.92. The molecule has 1 aliphatic carbocycles. The van der Waals surface area contributed by atoms with E-state index in [2.05, 4.69) is 11.8 Å². The highest BCUT2D eigenvalue weighted by atomic mass is 16.4. The first-order valence-electron chi connectivity index (χ1n) is 6.69. The Morgan fingerprint density at radius 1 is 1.31 bits per heavy atom. The van der Waals surface area contributed by atoms with Crippen molar-refractivity contribution in [3.63, 3.8) is 0 Å². The van der Waals surface area contributed by atoms with Crippen LogP contribution in [0.25, 0.3) is 0 Å². The van der Waals surface area contributed by atoms with Gasteiger partial charge in [-0.15, -0.1) is 0 Å². The summed E-state index contributed by atoms with van der Waals surface area (Å²) in [7, 11) is 0. The number of carbonyl (C=O) groups is 1. The van der Waals surface area contributed by atoms with Gasteiger partial charge in [-0.1, -0.05) is 19.8 Å². The van der Waals surface area contributed by atoms with Gasteiger partial charge in [-0.3, -0.25) is 9.69 Å². The second-order valence-corrected chi connectivity index (χ2v) is 5.35. The SMILES string of the molecule is CCC1CCCN(C2CCCC2C(=O)O)C1. The fourth-order valence-corrected chi connectivity index (χ4v) is 3.40. The molecule has 0 bridgehead atoms. The predicted molar refractivity (Wildman–Crippen MR) is 63.4 cm³/mol. The van der Waals surface area contributed by atoms with Crippen LogP contribution in [0.15, 0.2) is 0 Å². The molecular formula is C13H23NO2. The zero-order chi connectivity index (χ0) is 11.5. The van der Waals surface area contributed by atoms with E-state index < -0.39 is 5.97 Å². The molecule has 1 saturated heterocycles. The van der Waals surface area contributed by atoms with Crippen molar-refractivity contribution in [3.05, 3.63) is 0 Å². The molecule has 2 fully saturated rings. The van der Waals surface area contributed by atoms with Gasteiger partial charge in [0.1, 0.15) is 0 Å². The highest BCUT2D eigenvalue weighted by Crippen LogP contribution is 2.33. The molecule has 3 atom stereocenters. The fraction of sp³-hybridized carbons (Fsp3) is 0.923. The van der Waals surface area contributed by atoms with Gasteiger partial charge in [0.25, 0.3) is 0 Å². The topological polar surface area (TPSA) is 40.5 Å². The third-order valence-corrected chi connectivity index (χ3v) is 4.39. The Kier molecular flexibility index (Phi) is 3.85. The molecule has 92 valence electrons. The first-order valence-corrected chi connectivity index (χ1v) is 6.69. The van der Waals surface area contributed by atoms with Gasteiger partial charge in [-0.25, -0.2) is 0 Å². The Labute approximate surface area is 97.8 Å². The van der Waals surface area contributed by atoms with Crippen molar-refractivity contribution in [2.45, 2.75) is 51.5 Å². The second-order valence-electron chi connectivity index (χ2n) is 5.35. The van der Waals surface area contributed by atoms with Crippen LogP contribution in [0.1, 0.15) is 45.4 Å². The maximum atomic E-state index is 11.2. The minimum Gasteiger partial charge on any atom is -0.481 e. The fourth-order valence-electron chi connectivity index (χ4n) is 3.40. The highest BCUT2D eigenvalue weighted by Gasteiger charge is 2.38. The lowest BCUT2D eigenvalue weighted by Gasteiger charge is -2.38. The molecule has 0 aromatic carbocycles. The standard InChI is InChI=1S/C13H23NO2/c1-2-10-5-4-8-14(9-10)12-7-3-6-11(12)13(15)16/h10-12H,2-9H2,1H3,(H,15,16). The second kappa shape index (κ2) is 5.17. The van der Waals surface area contributed by atoms with Crippen molar-refractivity contribution < 1.29 is 9.90 Å². The molecule has 1 aliphatic heterocycles. The quantitative estimate of drug-likeness (QED) is 0.801. The van der Waals surface area contributed by atoms with Crippen LogP contribution in [0.5, 0.6) is 0 Å². The first kappa shape index (κ1) is 11.9. The minimum atomic E-state index is -0.582. The number of hydrogen-bond donors (Lipinski definition) is 1. The molecule has 16 heavy (non-hydrogen) atoms. The largest absolute Gasteiger partial charge is 0.481 e. The Hall–Kier alpha value is -0.570. The van der Waals surface area contributed by atoms with Gasteiger partial charge >= 0.3 is 5.97 Å². The van der Waals surface area contributed by atoms with E-state index in [0.717, 1.165) is 38.3 Å². The molecule has 0 aromatic heterocycles.